The highest BCUT2D eigenvalue weighted by atomic mass is 127. The standard InChI is InChI=1S/C9H7ClINO3/c1-5(13)9(10)6-2-7(11)4-8(3-6)12(14)15/h2-4,9H,1H3. The van der Waals surface area contributed by atoms with Gasteiger partial charge in [0.2, 0.25) is 0 Å². The van der Waals surface area contributed by atoms with Crippen LogP contribution in [0.5, 0.6) is 0 Å². The third kappa shape index (κ3) is 3.13. The van der Waals surface area contributed by atoms with E-state index in [9.17, 15) is 14.9 Å². The lowest BCUT2D eigenvalue weighted by Crippen LogP contribution is -2.02. The maximum absolute atomic E-state index is 11.0. The lowest BCUT2D eigenvalue weighted by molar-refractivity contribution is -0.385. The summed E-state index contributed by atoms with van der Waals surface area (Å²) in [5, 5.41) is 9.75. The molecule has 0 heterocycles. The first-order valence-corrected chi connectivity index (χ1v) is 5.52. The van der Waals surface area contributed by atoms with Gasteiger partial charge in [-0.3, -0.25) is 14.9 Å². The molecule has 0 radical (unpaired) electrons. The normalized spacial score (nSPS) is 12.2. The lowest BCUT2D eigenvalue weighted by Gasteiger charge is -2.06. The fraction of sp³-hybridized carbons (Fsp3) is 0.222. The predicted octanol–water partition coefficient (Wildman–Crippen LogP) is 3.07. The summed E-state index contributed by atoms with van der Waals surface area (Å²) in [6, 6.07) is 4.40. The summed E-state index contributed by atoms with van der Waals surface area (Å²) in [4.78, 5) is 21.1. The van der Waals surface area contributed by atoms with Crippen LogP contribution in [-0.4, -0.2) is 10.7 Å². The largest absolute Gasteiger partial charge is 0.298 e. The topological polar surface area (TPSA) is 60.2 Å². The van der Waals surface area contributed by atoms with Crippen molar-refractivity contribution < 1.29 is 9.72 Å². The number of halogens is 2. The highest BCUT2D eigenvalue weighted by Gasteiger charge is 2.17. The number of nitro benzene ring substituents is 1. The molecule has 1 unspecified atom stereocenters. The summed E-state index contributed by atoms with van der Waals surface area (Å²) in [5.74, 6) is -0.229. The van der Waals surface area contributed by atoms with Crippen LogP contribution in [0.3, 0.4) is 0 Å². The lowest BCUT2D eigenvalue weighted by atomic mass is 10.1. The number of alkyl halides is 1. The molecule has 0 aromatic heterocycles. The van der Waals surface area contributed by atoms with Gasteiger partial charge in [0.05, 0.1) is 4.92 Å². The molecule has 6 heteroatoms. The average Bonchev–Trinajstić information content (AvgIpc) is 2.15. The number of rotatable bonds is 3. The van der Waals surface area contributed by atoms with Crippen LogP contribution in [0.25, 0.3) is 0 Å². The number of carbonyl (C=O) groups is 1. The van der Waals surface area contributed by atoms with Crippen LogP contribution in [-0.2, 0) is 4.79 Å². The van der Waals surface area contributed by atoms with E-state index in [4.69, 9.17) is 11.6 Å². The molecule has 1 atom stereocenters. The maximum Gasteiger partial charge on any atom is 0.270 e. The zero-order valence-corrected chi connectivity index (χ0v) is 10.7. The van der Waals surface area contributed by atoms with Crippen LogP contribution in [0.2, 0.25) is 0 Å². The second kappa shape index (κ2) is 4.89. The minimum Gasteiger partial charge on any atom is -0.298 e. The van der Waals surface area contributed by atoms with Crippen molar-refractivity contribution in [3.05, 3.63) is 37.4 Å². The Morgan fingerprint density at radius 2 is 2.13 bits per heavy atom. The van der Waals surface area contributed by atoms with Crippen LogP contribution >= 0.6 is 34.2 Å². The number of hydrogen-bond donors (Lipinski definition) is 0. The van der Waals surface area contributed by atoms with Gasteiger partial charge in [0.1, 0.15) is 5.38 Å². The van der Waals surface area contributed by atoms with Crippen LogP contribution in [0.4, 0.5) is 5.69 Å². The molecule has 4 nitrogen and oxygen atoms in total. The molecular weight excluding hydrogens is 332 g/mol. The van der Waals surface area contributed by atoms with Gasteiger partial charge in [-0.25, -0.2) is 0 Å². The zero-order chi connectivity index (χ0) is 11.6. The summed E-state index contributed by atoms with van der Waals surface area (Å²) in [5.41, 5.74) is 0.409. The molecule has 0 aliphatic carbocycles. The molecule has 15 heavy (non-hydrogen) atoms. The minimum absolute atomic E-state index is 0.0520. The van der Waals surface area contributed by atoms with Gasteiger partial charge < -0.3 is 0 Å². The first-order chi connectivity index (χ1) is 6.91. The Labute approximate surface area is 105 Å². The van der Waals surface area contributed by atoms with E-state index < -0.39 is 10.3 Å². The summed E-state index contributed by atoms with van der Waals surface area (Å²) in [7, 11) is 0. The second-order valence-corrected chi connectivity index (χ2v) is 4.66. The Hall–Kier alpha value is -0.690. The van der Waals surface area contributed by atoms with Gasteiger partial charge >= 0.3 is 0 Å². The third-order valence-corrected chi connectivity index (χ3v) is 2.95. The van der Waals surface area contributed by atoms with Gasteiger partial charge in [-0.1, -0.05) is 0 Å². The Morgan fingerprint density at radius 1 is 1.53 bits per heavy atom. The Balaban J connectivity index is 3.20. The maximum atomic E-state index is 11.0. The van der Waals surface area contributed by atoms with Gasteiger partial charge in [0.25, 0.3) is 5.69 Å². The number of non-ortho nitro benzene ring substituents is 1. The van der Waals surface area contributed by atoms with Gasteiger partial charge in [-0.15, -0.1) is 11.6 Å². The molecule has 1 rings (SSSR count). The molecular formula is C9H7ClINO3. The fourth-order valence-electron chi connectivity index (χ4n) is 1.08. The molecule has 0 bridgehead atoms. The number of Topliss-reactive ketones (excluding diaryl/α,β-unsaturated/α-hetero) is 1. The quantitative estimate of drug-likeness (QED) is 0.368. The van der Waals surface area contributed by atoms with Crippen molar-refractivity contribution >= 4 is 45.7 Å². The minimum atomic E-state index is -0.821. The number of benzene rings is 1. The summed E-state index contributed by atoms with van der Waals surface area (Å²) < 4.78 is 0.684. The monoisotopic (exact) mass is 339 g/mol. The molecule has 0 saturated heterocycles. The van der Waals surface area contributed by atoms with E-state index in [0.717, 1.165) is 0 Å². The van der Waals surface area contributed by atoms with E-state index in [1.54, 1.807) is 6.07 Å². The number of ketones is 1. The SMILES string of the molecule is CC(=O)C(Cl)c1cc(I)cc([N+](=O)[O-])c1. The molecule has 0 amide bonds. The molecule has 1 aromatic carbocycles. The van der Waals surface area contributed by atoms with E-state index in [-0.39, 0.29) is 11.5 Å². The van der Waals surface area contributed by atoms with Crippen molar-refractivity contribution in [1.29, 1.82) is 0 Å². The number of nitrogens with zero attached hydrogens (tertiary/aromatic N) is 1. The molecule has 0 fully saturated rings. The molecule has 0 spiro atoms. The van der Waals surface area contributed by atoms with E-state index in [2.05, 4.69) is 0 Å². The Morgan fingerprint density at radius 3 is 2.60 bits per heavy atom. The predicted molar refractivity (Wildman–Crippen MR) is 65.1 cm³/mol. The molecule has 0 aliphatic heterocycles. The van der Waals surface area contributed by atoms with E-state index >= 15 is 0 Å². The van der Waals surface area contributed by atoms with Crippen molar-refractivity contribution in [3.63, 3.8) is 0 Å². The number of hydrogen-bond acceptors (Lipinski definition) is 3. The van der Waals surface area contributed by atoms with Gasteiger partial charge in [-0.2, -0.15) is 0 Å². The summed E-state index contributed by atoms with van der Waals surface area (Å²) in [6.07, 6.45) is 0. The average molecular weight is 340 g/mol. The number of nitro groups is 1. The second-order valence-electron chi connectivity index (χ2n) is 2.97. The van der Waals surface area contributed by atoms with Crippen LogP contribution in [0, 0.1) is 13.7 Å². The van der Waals surface area contributed by atoms with Crippen molar-refractivity contribution in [2.24, 2.45) is 0 Å². The van der Waals surface area contributed by atoms with Crippen molar-refractivity contribution in [1.82, 2.24) is 0 Å². The van der Waals surface area contributed by atoms with Crippen LogP contribution in [0.15, 0.2) is 18.2 Å². The first-order valence-electron chi connectivity index (χ1n) is 4.01. The highest BCUT2D eigenvalue weighted by Crippen LogP contribution is 2.27. The van der Waals surface area contributed by atoms with Crippen LogP contribution in [0.1, 0.15) is 17.9 Å². The summed E-state index contributed by atoms with van der Waals surface area (Å²) >= 11 is 7.76. The first kappa shape index (κ1) is 12.4. The molecule has 0 aliphatic rings. The highest BCUT2D eigenvalue weighted by molar-refractivity contribution is 14.1. The molecule has 0 saturated carbocycles. The van der Waals surface area contributed by atoms with E-state index in [1.807, 2.05) is 22.6 Å². The zero-order valence-electron chi connectivity index (χ0n) is 7.74. The fourth-order valence-corrected chi connectivity index (χ4v) is 1.89. The van der Waals surface area contributed by atoms with Gasteiger partial charge in [0.15, 0.2) is 5.78 Å². The number of carbonyl (C=O) groups excluding carboxylic acids is 1. The van der Waals surface area contributed by atoms with Crippen molar-refractivity contribution in [3.8, 4) is 0 Å². The van der Waals surface area contributed by atoms with Crippen molar-refractivity contribution in [2.45, 2.75) is 12.3 Å². The van der Waals surface area contributed by atoms with Gasteiger partial charge in [0, 0.05) is 15.7 Å². The Bertz CT molecular complexity index is 422. The smallest absolute Gasteiger partial charge is 0.270 e. The molecule has 80 valence electrons. The third-order valence-electron chi connectivity index (χ3n) is 1.77. The molecule has 1 aromatic rings. The molecule has 0 N–H and O–H groups in total. The van der Waals surface area contributed by atoms with E-state index in [1.165, 1.54) is 19.1 Å². The van der Waals surface area contributed by atoms with E-state index in [0.29, 0.717) is 9.13 Å². The summed E-state index contributed by atoms with van der Waals surface area (Å²) in [6.45, 7) is 1.35. The Kier molecular flexibility index (Phi) is 4.04. The van der Waals surface area contributed by atoms with Crippen molar-refractivity contribution in [2.75, 3.05) is 0 Å². The van der Waals surface area contributed by atoms with Crippen LogP contribution < -0.4 is 0 Å². The van der Waals surface area contributed by atoms with Gasteiger partial charge in [-0.05, 0) is 41.1 Å².